The molecule has 0 radical (unpaired) electrons. The molecule has 1 aliphatic heterocycles. The molecule has 3 aliphatic rings. The Morgan fingerprint density at radius 2 is 2.09 bits per heavy atom. The van der Waals surface area contributed by atoms with E-state index >= 15 is 0 Å². The van der Waals surface area contributed by atoms with E-state index in [2.05, 4.69) is 16.2 Å². The molecule has 7 nitrogen and oxygen atoms in total. The zero-order valence-electron chi connectivity index (χ0n) is 17.8. The molecule has 5 rings (SSSR count). The van der Waals surface area contributed by atoms with Crippen LogP contribution < -0.4 is 4.90 Å². The van der Waals surface area contributed by atoms with Gasteiger partial charge in [-0.1, -0.05) is 18.2 Å². The van der Waals surface area contributed by atoms with Gasteiger partial charge in [-0.2, -0.15) is 18.1 Å². The van der Waals surface area contributed by atoms with Crippen LogP contribution in [-0.4, -0.2) is 36.7 Å². The van der Waals surface area contributed by atoms with Crippen molar-refractivity contribution in [1.82, 2.24) is 9.97 Å². The van der Waals surface area contributed by atoms with Crippen LogP contribution in [0.4, 0.5) is 5.95 Å². The minimum Gasteiger partial charge on any atom is -0.338 e. The fraction of sp³-hybridized carbons (Fsp3) is 0.333. The topological polar surface area (TPSA) is 99.3 Å². The Morgan fingerprint density at radius 1 is 1.22 bits per heavy atom. The van der Waals surface area contributed by atoms with Crippen molar-refractivity contribution in [3.05, 3.63) is 59.3 Å². The number of nitrogens with zero attached hydrogens (tertiary/aromatic N) is 5. The summed E-state index contributed by atoms with van der Waals surface area (Å²) in [5, 5.41) is 8.94. The highest BCUT2D eigenvalue weighted by molar-refractivity contribution is 7.90. The Bertz CT molecular complexity index is 1330. The fourth-order valence-electron chi connectivity index (χ4n) is 4.30. The first-order valence-corrected chi connectivity index (χ1v) is 12.3. The molecule has 1 aromatic carbocycles. The minimum absolute atomic E-state index is 0.134. The van der Waals surface area contributed by atoms with Crippen LogP contribution in [0.1, 0.15) is 37.4 Å². The van der Waals surface area contributed by atoms with Gasteiger partial charge in [0.15, 0.2) is 0 Å². The molecule has 0 N–H and O–H groups in total. The van der Waals surface area contributed by atoms with Gasteiger partial charge in [-0.05, 0) is 56.9 Å². The third-order valence-corrected chi connectivity index (χ3v) is 7.58. The van der Waals surface area contributed by atoms with Crippen LogP contribution in [0.25, 0.3) is 11.3 Å². The predicted molar refractivity (Wildman–Crippen MR) is 123 cm³/mol. The third-order valence-electron chi connectivity index (χ3n) is 6.26. The van der Waals surface area contributed by atoms with Crippen molar-refractivity contribution >= 4 is 21.7 Å². The lowest BCUT2D eigenvalue weighted by Gasteiger charge is -2.39. The number of sulfonamides is 1. The molecule has 1 atom stereocenters. The molecule has 0 saturated carbocycles. The highest BCUT2D eigenvalue weighted by Crippen LogP contribution is 2.34. The maximum absolute atomic E-state index is 13.0. The van der Waals surface area contributed by atoms with Crippen molar-refractivity contribution in [2.45, 2.75) is 50.0 Å². The number of hydrogen-bond donors (Lipinski definition) is 0. The van der Waals surface area contributed by atoms with Crippen molar-refractivity contribution < 1.29 is 8.42 Å². The van der Waals surface area contributed by atoms with Gasteiger partial charge in [-0.25, -0.2) is 9.97 Å². The van der Waals surface area contributed by atoms with E-state index < -0.39 is 10.0 Å². The van der Waals surface area contributed by atoms with Gasteiger partial charge in [0, 0.05) is 41.4 Å². The van der Waals surface area contributed by atoms with E-state index in [-0.39, 0.29) is 4.90 Å². The average Bonchev–Trinajstić information content (AvgIpc) is 3.26. The summed E-state index contributed by atoms with van der Waals surface area (Å²) in [6.45, 7) is 3.11. The second kappa shape index (κ2) is 7.99. The largest absolute Gasteiger partial charge is 0.338 e. The molecule has 2 aromatic rings. The van der Waals surface area contributed by atoms with E-state index in [0.29, 0.717) is 23.7 Å². The summed E-state index contributed by atoms with van der Waals surface area (Å²) >= 11 is 0. The number of anilines is 1. The van der Waals surface area contributed by atoms with Crippen LogP contribution in [-0.2, 0) is 22.9 Å². The van der Waals surface area contributed by atoms with Crippen molar-refractivity contribution in [2.75, 3.05) is 11.4 Å². The Balaban J connectivity index is 1.52. The summed E-state index contributed by atoms with van der Waals surface area (Å²) in [5.41, 5.74) is 4.70. The van der Waals surface area contributed by atoms with Crippen molar-refractivity contribution in [1.29, 1.82) is 5.26 Å². The summed E-state index contributed by atoms with van der Waals surface area (Å²) in [6, 6.07) is 9.32. The molecule has 32 heavy (non-hydrogen) atoms. The summed E-state index contributed by atoms with van der Waals surface area (Å²) in [7, 11) is -3.89. The summed E-state index contributed by atoms with van der Waals surface area (Å²) < 4.78 is 30.0. The molecule has 0 spiro atoms. The van der Waals surface area contributed by atoms with Crippen LogP contribution in [0.5, 0.6) is 0 Å². The predicted octanol–water partition coefficient (Wildman–Crippen LogP) is 3.77. The van der Waals surface area contributed by atoms with Crippen LogP contribution in [0.3, 0.4) is 0 Å². The van der Waals surface area contributed by atoms with E-state index in [1.165, 1.54) is 0 Å². The molecular formula is C24H23N5O2S. The maximum atomic E-state index is 13.0. The molecular weight excluding hydrogens is 422 g/mol. The average molecular weight is 446 g/mol. The normalized spacial score (nSPS) is 21.1. The summed E-state index contributed by atoms with van der Waals surface area (Å²) in [5.74, 6) is 0.736. The Morgan fingerprint density at radius 3 is 2.78 bits per heavy atom. The Labute approximate surface area is 187 Å². The van der Waals surface area contributed by atoms with Crippen molar-refractivity contribution in [3.63, 3.8) is 0 Å². The molecule has 0 amide bonds. The van der Waals surface area contributed by atoms with E-state index in [0.717, 1.165) is 60.7 Å². The van der Waals surface area contributed by atoms with Gasteiger partial charge in [-0.15, -0.1) is 0 Å². The first-order chi connectivity index (χ1) is 15.4. The van der Waals surface area contributed by atoms with E-state index in [1.54, 1.807) is 36.4 Å². The molecule has 1 fully saturated rings. The second-order valence-corrected chi connectivity index (χ2v) is 9.98. The quantitative estimate of drug-likeness (QED) is 0.710. The number of aromatic nitrogens is 2. The van der Waals surface area contributed by atoms with Crippen molar-refractivity contribution in [3.8, 4) is 17.3 Å². The lowest BCUT2D eigenvalue weighted by molar-refractivity contribution is 0.470. The summed E-state index contributed by atoms with van der Waals surface area (Å²) in [4.78, 5) is 12.0. The van der Waals surface area contributed by atoms with Gasteiger partial charge in [0.05, 0.1) is 22.4 Å². The van der Waals surface area contributed by atoms with Crippen LogP contribution in [0.15, 0.2) is 57.4 Å². The number of allylic oxidation sites excluding steroid dienone is 4. The standard InChI is InChI=1S/C24H23N5O2S/c1-16-12-13-29(16)24-26-22-7-3-6-21(22)23(27-24)18-4-2-5-20(14-18)32(30,31)28-19-10-8-17(15-25)9-11-19/h2,4-5,8-10,14,16H,3,6-7,11-13H2,1H3/t16-/m0/s1. The van der Waals surface area contributed by atoms with Gasteiger partial charge < -0.3 is 4.90 Å². The maximum Gasteiger partial charge on any atom is 0.282 e. The van der Waals surface area contributed by atoms with Gasteiger partial charge in [-0.3, -0.25) is 0 Å². The smallest absolute Gasteiger partial charge is 0.282 e. The molecule has 2 aliphatic carbocycles. The van der Waals surface area contributed by atoms with Gasteiger partial charge in [0.1, 0.15) is 0 Å². The highest BCUT2D eigenvalue weighted by Gasteiger charge is 2.29. The lowest BCUT2D eigenvalue weighted by atomic mass is 10.0. The molecule has 0 unspecified atom stereocenters. The molecule has 8 heteroatoms. The number of hydrogen-bond acceptors (Lipinski definition) is 6. The third kappa shape index (κ3) is 3.73. The second-order valence-electron chi connectivity index (χ2n) is 8.38. The van der Waals surface area contributed by atoms with E-state index in [1.807, 2.05) is 12.1 Å². The Kier molecular flexibility index (Phi) is 5.14. The lowest BCUT2D eigenvalue weighted by Crippen LogP contribution is -2.46. The van der Waals surface area contributed by atoms with Gasteiger partial charge in [0.25, 0.3) is 10.0 Å². The number of fused-ring (bicyclic) bond motifs is 1. The van der Waals surface area contributed by atoms with Gasteiger partial charge >= 0.3 is 0 Å². The van der Waals surface area contributed by atoms with E-state index in [4.69, 9.17) is 15.2 Å². The highest BCUT2D eigenvalue weighted by atomic mass is 32.2. The van der Waals surface area contributed by atoms with Crippen LogP contribution >= 0.6 is 0 Å². The first-order valence-electron chi connectivity index (χ1n) is 10.8. The number of nitriles is 1. The van der Waals surface area contributed by atoms with Crippen LogP contribution in [0.2, 0.25) is 0 Å². The summed E-state index contributed by atoms with van der Waals surface area (Å²) in [6.07, 6.45) is 9.14. The molecule has 0 bridgehead atoms. The fourth-order valence-corrected chi connectivity index (χ4v) is 5.37. The Hall–Kier alpha value is -3.31. The number of aryl methyl sites for hydroxylation is 1. The zero-order chi connectivity index (χ0) is 22.3. The van der Waals surface area contributed by atoms with Gasteiger partial charge in [0.2, 0.25) is 5.95 Å². The van der Waals surface area contributed by atoms with Crippen LogP contribution in [0, 0.1) is 11.3 Å². The van der Waals surface area contributed by atoms with Crippen molar-refractivity contribution in [2.24, 2.45) is 4.40 Å². The molecule has 1 saturated heterocycles. The van der Waals surface area contributed by atoms with E-state index in [9.17, 15) is 8.42 Å². The zero-order valence-corrected chi connectivity index (χ0v) is 18.6. The SMILES string of the molecule is C[C@H]1CCN1c1nc2c(c(-c3cccc(S(=O)(=O)N=C4C=CC(C#N)=CC4)c3)n1)CCC2. The monoisotopic (exact) mass is 445 g/mol. The number of benzene rings is 1. The molecule has 2 heterocycles. The minimum atomic E-state index is -3.89. The first kappa shape index (κ1) is 20.6. The number of rotatable bonds is 4. The molecule has 1 aromatic heterocycles. The molecule has 162 valence electrons.